The van der Waals surface area contributed by atoms with Crippen LogP contribution in [0.25, 0.3) is 11.3 Å². The minimum absolute atomic E-state index is 0.263. The lowest BCUT2D eigenvalue weighted by molar-refractivity contribution is 0.0950. The molecule has 1 aromatic heterocycles. The van der Waals surface area contributed by atoms with Crippen LogP contribution < -0.4 is 14.8 Å². The lowest BCUT2D eigenvalue weighted by Gasteiger charge is -2.11. The highest BCUT2D eigenvalue weighted by molar-refractivity contribution is 6.01. The minimum atomic E-state index is -0.263. The van der Waals surface area contributed by atoms with E-state index in [9.17, 15) is 4.79 Å². The number of aryl methyl sites for hydroxylation is 1. The van der Waals surface area contributed by atoms with Crippen molar-refractivity contribution in [1.29, 1.82) is 0 Å². The van der Waals surface area contributed by atoms with Gasteiger partial charge in [-0.2, -0.15) is 0 Å². The number of nitrogens with one attached hydrogen (secondary N) is 1. The molecule has 0 atom stereocenters. The summed E-state index contributed by atoms with van der Waals surface area (Å²) in [6.07, 6.45) is 0. The fourth-order valence-corrected chi connectivity index (χ4v) is 2.86. The van der Waals surface area contributed by atoms with E-state index in [0.717, 1.165) is 11.3 Å². The van der Waals surface area contributed by atoms with Crippen molar-refractivity contribution in [3.05, 3.63) is 65.4 Å². The SMILES string of the molecule is CCOc1ccccc1CNC(=O)c1c(C)noc1-c1ccccc1OC. The molecule has 0 saturated heterocycles. The summed E-state index contributed by atoms with van der Waals surface area (Å²) in [4.78, 5) is 12.9. The molecule has 1 amide bonds. The molecule has 6 heteroatoms. The van der Waals surface area contributed by atoms with Crippen LogP contribution in [0.3, 0.4) is 0 Å². The van der Waals surface area contributed by atoms with Gasteiger partial charge in [0.15, 0.2) is 5.76 Å². The molecule has 0 bridgehead atoms. The topological polar surface area (TPSA) is 73.6 Å². The second-order valence-corrected chi connectivity index (χ2v) is 5.90. The van der Waals surface area contributed by atoms with Crippen LogP contribution in [0.15, 0.2) is 53.1 Å². The van der Waals surface area contributed by atoms with E-state index in [-0.39, 0.29) is 5.91 Å². The van der Waals surface area contributed by atoms with Crippen LogP contribution in [-0.4, -0.2) is 24.8 Å². The van der Waals surface area contributed by atoms with Gasteiger partial charge < -0.3 is 19.3 Å². The van der Waals surface area contributed by atoms with Gasteiger partial charge in [-0.3, -0.25) is 4.79 Å². The van der Waals surface area contributed by atoms with E-state index in [1.54, 1.807) is 14.0 Å². The predicted molar refractivity (Wildman–Crippen MR) is 102 cm³/mol. The van der Waals surface area contributed by atoms with E-state index in [0.29, 0.717) is 41.5 Å². The molecule has 1 N–H and O–H groups in total. The van der Waals surface area contributed by atoms with Crippen molar-refractivity contribution < 1.29 is 18.8 Å². The third kappa shape index (κ3) is 3.95. The fourth-order valence-electron chi connectivity index (χ4n) is 2.86. The molecule has 3 rings (SSSR count). The lowest BCUT2D eigenvalue weighted by atomic mass is 10.1. The van der Waals surface area contributed by atoms with Crippen LogP contribution in [0.5, 0.6) is 11.5 Å². The van der Waals surface area contributed by atoms with Gasteiger partial charge in [0.05, 0.1) is 25.0 Å². The van der Waals surface area contributed by atoms with Gasteiger partial charge >= 0.3 is 0 Å². The summed E-state index contributed by atoms with van der Waals surface area (Å²) < 4.78 is 16.4. The van der Waals surface area contributed by atoms with Crippen molar-refractivity contribution >= 4 is 5.91 Å². The largest absolute Gasteiger partial charge is 0.496 e. The van der Waals surface area contributed by atoms with E-state index in [2.05, 4.69) is 10.5 Å². The Morgan fingerprint density at radius 2 is 1.81 bits per heavy atom. The molecule has 140 valence electrons. The van der Waals surface area contributed by atoms with Gasteiger partial charge in [0.1, 0.15) is 17.1 Å². The van der Waals surface area contributed by atoms with E-state index in [1.807, 2.05) is 55.5 Å². The summed E-state index contributed by atoms with van der Waals surface area (Å²) in [5.74, 6) is 1.50. The zero-order valence-corrected chi connectivity index (χ0v) is 15.6. The van der Waals surface area contributed by atoms with Crippen molar-refractivity contribution in [3.8, 4) is 22.8 Å². The first-order chi connectivity index (χ1) is 13.2. The maximum Gasteiger partial charge on any atom is 0.257 e. The average molecular weight is 366 g/mol. The Morgan fingerprint density at radius 3 is 2.56 bits per heavy atom. The van der Waals surface area contributed by atoms with Gasteiger partial charge in [-0.1, -0.05) is 35.5 Å². The molecule has 0 saturated carbocycles. The Kier molecular flexibility index (Phi) is 5.76. The number of aromatic nitrogens is 1. The number of carbonyl (C=O) groups excluding carboxylic acids is 1. The Morgan fingerprint density at radius 1 is 1.11 bits per heavy atom. The van der Waals surface area contributed by atoms with Crippen LogP contribution >= 0.6 is 0 Å². The molecular weight excluding hydrogens is 344 g/mol. The van der Waals surface area contributed by atoms with Crippen LogP contribution in [-0.2, 0) is 6.54 Å². The van der Waals surface area contributed by atoms with Gasteiger partial charge in [0.25, 0.3) is 5.91 Å². The van der Waals surface area contributed by atoms with Gasteiger partial charge in [-0.15, -0.1) is 0 Å². The molecule has 2 aromatic carbocycles. The number of methoxy groups -OCH3 is 1. The minimum Gasteiger partial charge on any atom is -0.496 e. The van der Waals surface area contributed by atoms with Gasteiger partial charge in [-0.25, -0.2) is 0 Å². The van der Waals surface area contributed by atoms with E-state index < -0.39 is 0 Å². The van der Waals surface area contributed by atoms with Crippen LogP contribution in [0.1, 0.15) is 28.5 Å². The summed E-state index contributed by atoms with van der Waals surface area (Å²) in [5, 5.41) is 6.90. The molecule has 27 heavy (non-hydrogen) atoms. The summed E-state index contributed by atoms with van der Waals surface area (Å²) in [6.45, 7) is 4.57. The number of carbonyl (C=O) groups is 1. The Labute approximate surface area is 158 Å². The average Bonchev–Trinajstić information content (AvgIpc) is 3.08. The molecule has 0 unspecified atom stereocenters. The first-order valence-corrected chi connectivity index (χ1v) is 8.74. The molecule has 1 heterocycles. The number of para-hydroxylation sites is 2. The molecule has 0 aliphatic carbocycles. The smallest absolute Gasteiger partial charge is 0.257 e. The zero-order valence-electron chi connectivity index (χ0n) is 15.6. The third-order valence-corrected chi connectivity index (χ3v) is 4.15. The molecule has 0 spiro atoms. The molecule has 0 aliphatic heterocycles. The van der Waals surface area contributed by atoms with Crippen molar-refractivity contribution in [2.45, 2.75) is 20.4 Å². The number of rotatable bonds is 7. The number of benzene rings is 2. The number of hydrogen-bond donors (Lipinski definition) is 1. The van der Waals surface area contributed by atoms with E-state index in [1.165, 1.54) is 0 Å². The van der Waals surface area contributed by atoms with Crippen molar-refractivity contribution in [2.75, 3.05) is 13.7 Å². The Hall–Kier alpha value is -3.28. The summed E-state index contributed by atoms with van der Waals surface area (Å²) in [7, 11) is 1.58. The molecule has 0 fully saturated rings. The number of nitrogens with zero attached hydrogens (tertiary/aromatic N) is 1. The molecular formula is C21H22N2O4. The number of ether oxygens (including phenoxy) is 2. The zero-order chi connectivity index (χ0) is 19.2. The molecule has 0 radical (unpaired) electrons. The Bertz CT molecular complexity index is 933. The highest BCUT2D eigenvalue weighted by Crippen LogP contribution is 2.33. The molecule has 0 aliphatic rings. The van der Waals surface area contributed by atoms with Crippen molar-refractivity contribution in [3.63, 3.8) is 0 Å². The molecule has 3 aromatic rings. The first-order valence-electron chi connectivity index (χ1n) is 8.74. The summed E-state index contributed by atoms with van der Waals surface area (Å²) in [6, 6.07) is 15.0. The lowest BCUT2D eigenvalue weighted by Crippen LogP contribution is -2.24. The highest BCUT2D eigenvalue weighted by Gasteiger charge is 2.24. The Balaban J connectivity index is 1.85. The van der Waals surface area contributed by atoms with Crippen LogP contribution in [0, 0.1) is 6.92 Å². The monoisotopic (exact) mass is 366 g/mol. The van der Waals surface area contributed by atoms with Crippen molar-refractivity contribution in [2.24, 2.45) is 0 Å². The van der Waals surface area contributed by atoms with E-state index >= 15 is 0 Å². The number of amides is 1. The van der Waals surface area contributed by atoms with Gasteiger partial charge in [-0.05, 0) is 32.0 Å². The predicted octanol–water partition coefficient (Wildman–Crippen LogP) is 3.99. The second kappa shape index (κ2) is 8.40. The third-order valence-electron chi connectivity index (χ3n) is 4.15. The van der Waals surface area contributed by atoms with Gasteiger partial charge in [0, 0.05) is 12.1 Å². The van der Waals surface area contributed by atoms with E-state index in [4.69, 9.17) is 14.0 Å². The van der Waals surface area contributed by atoms with Gasteiger partial charge in [0.2, 0.25) is 0 Å². The maximum absolute atomic E-state index is 12.9. The van der Waals surface area contributed by atoms with Crippen LogP contribution in [0.2, 0.25) is 0 Å². The quantitative estimate of drug-likeness (QED) is 0.684. The molecule has 6 nitrogen and oxygen atoms in total. The first kappa shape index (κ1) is 18.5. The summed E-state index contributed by atoms with van der Waals surface area (Å²) >= 11 is 0. The summed E-state index contributed by atoms with van der Waals surface area (Å²) in [5.41, 5.74) is 2.50. The normalized spacial score (nSPS) is 10.5. The number of hydrogen-bond acceptors (Lipinski definition) is 5. The maximum atomic E-state index is 12.9. The second-order valence-electron chi connectivity index (χ2n) is 5.90. The van der Waals surface area contributed by atoms with Crippen molar-refractivity contribution in [1.82, 2.24) is 10.5 Å². The highest BCUT2D eigenvalue weighted by atomic mass is 16.5. The fraction of sp³-hybridized carbons (Fsp3) is 0.238. The standard InChI is InChI=1S/C21H22N2O4/c1-4-26-17-11-7-5-9-15(17)13-22-21(24)19-14(2)23-27-20(19)16-10-6-8-12-18(16)25-3/h5-12H,4,13H2,1-3H3,(H,22,24). The van der Waals surface area contributed by atoms with Crippen LogP contribution in [0.4, 0.5) is 0 Å².